The number of hydrogen-bond acceptors (Lipinski definition) is 2. The molecule has 0 spiro atoms. The molecule has 2 aliphatic rings. The molecule has 1 atom stereocenters. The molecule has 1 heterocycles. The average Bonchev–Trinajstić information content (AvgIpc) is 3.25. The third-order valence-corrected chi connectivity index (χ3v) is 8.97. The Kier molecular flexibility index (Phi) is 9.90. The first-order chi connectivity index (χ1) is 17.6. The van der Waals surface area contributed by atoms with Gasteiger partial charge in [-0.15, -0.1) is 12.4 Å². The highest BCUT2D eigenvalue weighted by molar-refractivity contribution is 5.87. The van der Waals surface area contributed by atoms with Crippen LogP contribution in [0.5, 0.6) is 0 Å². The molecule has 0 aliphatic heterocycles. The molecule has 5 rings (SSSR count). The van der Waals surface area contributed by atoms with Crippen molar-refractivity contribution >= 4 is 29.1 Å². The van der Waals surface area contributed by atoms with Gasteiger partial charge in [-0.05, 0) is 80.9 Å². The van der Waals surface area contributed by atoms with E-state index in [1.165, 1.54) is 72.5 Å². The van der Waals surface area contributed by atoms with Gasteiger partial charge in [0.25, 0.3) is 0 Å². The van der Waals surface area contributed by atoms with Crippen LogP contribution < -0.4 is 5.73 Å². The van der Waals surface area contributed by atoms with E-state index in [2.05, 4.69) is 66.2 Å². The Labute approximate surface area is 229 Å². The van der Waals surface area contributed by atoms with Gasteiger partial charge in [-0.2, -0.15) is 0 Å². The molecule has 1 unspecified atom stereocenters. The van der Waals surface area contributed by atoms with Gasteiger partial charge in [0.15, 0.2) is 0 Å². The van der Waals surface area contributed by atoms with Gasteiger partial charge in [-0.1, -0.05) is 67.3 Å². The number of para-hydroxylation sites is 1. The summed E-state index contributed by atoms with van der Waals surface area (Å²) in [5.74, 6) is 1.95. The maximum absolute atomic E-state index is 13.4. The second-order valence-electron chi connectivity index (χ2n) is 11.8. The average molecular weight is 521 g/mol. The minimum atomic E-state index is 0. The Balaban J connectivity index is 0.00000320. The van der Waals surface area contributed by atoms with Gasteiger partial charge in [0.05, 0.1) is 0 Å². The number of ketones is 1. The van der Waals surface area contributed by atoms with Crippen LogP contribution in [0, 0.1) is 18.8 Å². The number of halogens is 1. The summed E-state index contributed by atoms with van der Waals surface area (Å²) >= 11 is 0. The summed E-state index contributed by atoms with van der Waals surface area (Å²) in [7, 11) is 0. The molecule has 0 amide bonds. The van der Waals surface area contributed by atoms with Crippen LogP contribution in [0.1, 0.15) is 99.7 Å². The van der Waals surface area contributed by atoms with E-state index in [-0.39, 0.29) is 18.3 Å². The summed E-state index contributed by atoms with van der Waals surface area (Å²) in [5.41, 5.74) is 11.3. The molecule has 2 aliphatic carbocycles. The molecule has 0 bridgehead atoms. The summed E-state index contributed by atoms with van der Waals surface area (Å²) in [5, 5.41) is 1.31. The fourth-order valence-corrected chi connectivity index (χ4v) is 6.82. The highest BCUT2D eigenvalue weighted by atomic mass is 35.5. The van der Waals surface area contributed by atoms with E-state index in [1.54, 1.807) is 0 Å². The van der Waals surface area contributed by atoms with Crippen LogP contribution >= 0.6 is 12.4 Å². The Morgan fingerprint density at radius 2 is 1.70 bits per heavy atom. The predicted molar refractivity (Wildman–Crippen MR) is 158 cm³/mol. The van der Waals surface area contributed by atoms with Crippen LogP contribution in [0.2, 0.25) is 0 Å². The van der Waals surface area contributed by atoms with Crippen molar-refractivity contribution < 1.29 is 4.79 Å². The Morgan fingerprint density at radius 1 is 0.946 bits per heavy atom. The number of hydrogen-bond donors (Lipinski definition) is 1. The maximum atomic E-state index is 13.4. The van der Waals surface area contributed by atoms with Gasteiger partial charge >= 0.3 is 0 Å². The normalized spacial score (nSPS) is 21.5. The lowest BCUT2D eigenvalue weighted by molar-refractivity contribution is -0.119. The fourth-order valence-electron chi connectivity index (χ4n) is 6.82. The second-order valence-corrected chi connectivity index (χ2v) is 11.8. The van der Waals surface area contributed by atoms with Crippen LogP contribution in [-0.4, -0.2) is 16.4 Å². The number of rotatable bonds is 9. The standard InChI is InChI=1S/C33H44N2O.ClH/c1-24-8-7-11-27(20-24)31(21-29(36)19-16-25-14-17-28(34)18-15-25)32-23-35(22-26-9-3-2-4-10-26)33-13-6-5-12-30(32)33;/h5-8,11-13,20,23,25-26,28,31H,2-4,9-10,14-19,21-22,34H2,1H3;1H. The van der Waals surface area contributed by atoms with Crippen molar-refractivity contribution in [2.45, 2.75) is 102 Å². The molecule has 3 nitrogen and oxygen atoms in total. The third kappa shape index (κ3) is 7.06. The zero-order valence-electron chi connectivity index (χ0n) is 22.5. The Hall–Kier alpha value is -2.10. The number of nitrogens with zero attached hydrogens (tertiary/aromatic N) is 1. The zero-order chi connectivity index (χ0) is 24.9. The monoisotopic (exact) mass is 520 g/mol. The van der Waals surface area contributed by atoms with Crippen molar-refractivity contribution in [1.82, 2.24) is 4.57 Å². The largest absolute Gasteiger partial charge is 0.347 e. The van der Waals surface area contributed by atoms with E-state index in [0.717, 1.165) is 31.7 Å². The molecule has 0 radical (unpaired) electrons. The molecule has 37 heavy (non-hydrogen) atoms. The number of carbonyl (C=O) groups excluding carboxylic acids is 1. The van der Waals surface area contributed by atoms with Crippen molar-refractivity contribution in [1.29, 1.82) is 0 Å². The molecule has 200 valence electrons. The molecule has 2 N–H and O–H groups in total. The fraction of sp³-hybridized carbons (Fsp3) is 0.545. The van der Waals surface area contributed by atoms with Crippen LogP contribution in [0.3, 0.4) is 0 Å². The third-order valence-electron chi connectivity index (χ3n) is 8.97. The van der Waals surface area contributed by atoms with E-state index in [1.807, 2.05) is 0 Å². The van der Waals surface area contributed by atoms with Crippen molar-refractivity contribution in [3.8, 4) is 0 Å². The van der Waals surface area contributed by atoms with Gasteiger partial charge in [-0.3, -0.25) is 4.79 Å². The highest BCUT2D eigenvalue weighted by Crippen LogP contribution is 2.37. The zero-order valence-corrected chi connectivity index (χ0v) is 23.4. The summed E-state index contributed by atoms with van der Waals surface area (Å²) in [6, 6.07) is 18.0. The summed E-state index contributed by atoms with van der Waals surface area (Å²) in [4.78, 5) is 13.4. The Bertz CT molecular complexity index is 1150. The SMILES string of the molecule is Cc1cccc(C(CC(=O)CCC2CCC(N)CC2)c2cn(CC3CCCCC3)c3ccccc23)c1.Cl. The maximum Gasteiger partial charge on any atom is 0.133 e. The first-order valence-electron chi connectivity index (χ1n) is 14.5. The number of Topliss-reactive ketones (excluding diaryl/α,β-unsaturated/α-hetero) is 1. The molecule has 4 heteroatoms. The van der Waals surface area contributed by atoms with Gasteiger partial charge in [0.2, 0.25) is 0 Å². The second kappa shape index (κ2) is 13.1. The van der Waals surface area contributed by atoms with Crippen molar-refractivity contribution in [3.05, 3.63) is 71.4 Å². The van der Waals surface area contributed by atoms with Gasteiger partial charge < -0.3 is 10.3 Å². The molecule has 1 aromatic heterocycles. The molecular weight excluding hydrogens is 476 g/mol. The van der Waals surface area contributed by atoms with Gasteiger partial charge in [-0.25, -0.2) is 0 Å². The van der Waals surface area contributed by atoms with Gasteiger partial charge in [0.1, 0.15) is 5.78 Å². The number of nitrogens with two attached hydrogens (primary N) is 1. The minimum Gasteiger partial charge on any atom is -0.347 e. The van der Waals surface area contributed by atoms with Crippen molar-refractivity contribution in [3.63, 3.8) is 0 Å². The molecule has 0 saturated heterocycles. The van der Waals surface area contributed by atoms with Crippen molar-refractivity contribution in [2.24, 2.45) is 17.6 Å². The lowest BCUT2D eigenvalue weighted by atomic mass is 9.81. The lowest BCUT2D eigenvalue weighted by Crippen LogP contribution is -2.26. The number of carbonyl (C=O) groups is 1. The molecule has 3 aromatic rings. The number of aryl methyl sites for hydroxylation is 1. The van der Waals surface area contributed by atoms with E-state index in [9.17, 15) is 4.79 Å². The minimum absolute atomic E-state index is 0. The highest BCUT2D eigenvalue weighted by Gasteiger charge is 2.25. The first kappa shape index (κ1) is 27.9. The lowest BCUT2D eigenvalue weighted by Gasteiger charge is -2.26. The smallest absolute Gasteiger partial charge is 0.133 e. The molecule has 2 saturated carbocycles. The summed E-state index contributed by atoms with van der Waals surface area (Å²) in [6.45, 7) is 3.25. The van der Waals surface area contributed by atoms with Crippen LogP contribution in [-0.2, 0) is 11.3 Å². The summed E-state index contributed by atoms with van der Waals surface area (Å²) in [6.07, 6.45) is 16.1. The quantitative estimate of drug-likeness (QED) is 0.308. The van der Waals surface area contributed by atoms with Crippen LogP contribution in [0.15, 0.2) is 54.7 Å². The predicted octanol–water partition coefficient (Wildman–Crippen LogP) is 8.34. The first-order valence-corrected chi connectivity index (χ1v) is 14.5. The van der Waals surface area contributed by atoms with E-state index in [4.69, 9.17) is 5.73 Å². The Morgan fingerprint density at radius 3 is 2.46 bits per heavy atom. The van der Waals surface area contributed by atoms with Crippen LogP contribution in [0.4, 0.5) is 0 Å². The number of fused-ring (bicyclic) bond motifs is 1. The van der Waals surface area contributed by atoms with E-state index < -0.39 is 0 Å². The number of aromatic nitrogens is 1. The topological polar surface area (TPSA) is 48.0 Å². The molecule has 2 aromatic carbocycles. The van der Waals surface area contributed by atoms with Crippen molar-refractivity contribution in [2.75, 3.05) is 0 Å². The van der Waals surface area contributed by atoms with E-state index in [0.29, 0.717) is 30.6 Å². The van der Waals surface area contributed by atoms with Crippen LogP contribution in [0.25, 0.3) is 10.9 Å². The molecular formula is C33H45ClN2O. The number of benzene rings is 2. The summed E-state index contributed by atoms with van der Waals surface area (Å²) < 4.78 is 2.50. The molecule has 2 fully saturated rings. The van der Waals surface area contributed by atoms with E-state index >= 15 is 0 Å². The van der Waals surface area contributed by atoms with Gasteiger partial charge in [0, 0.05) is 48.4 Å².